The third kappa shape index (κ3) is 6.28. The van der Waals surface area contributed by atoms with Crippen LogP contribution in [-0.4, -0.2) is 44.5 Å². The molecule has 1 amide bonds. The van der Waals surface area contributed by atoms with Crippen LogP contribution < -0.4 is 10.1 Å². The Morgan fingerprint density at radius 1 is 1.37 bits per heavy atom. The molecule has 150 valence electrons. The van der Waals surface area contributed by atoms with Crippen molar-refractivity contribution in [1.29, 1.82) is 0 Å². The highest BCUT2D eigenvalue weighted by atomic mass is 32.2. The molecule has 0 fully saturated rings. The van der Waals surface area contributed by atoms with Crippen molar-refractivity contribution >= 4 is 39.4 Å². The van der Waals surface area contributed by atoms with Gasteiger partial charge in [0.1, 0.15) is 11.4 Å². The highest BCUT2D eigenvalue weighted by molar-refractivity contribution is 7.80. The minimum Gasteiger partial charge on any atom is -0.494 e. The van der Waals surface area contributed by atoms with E-state index >= 15 is 0 Å². The molecule has 0 saturated carbocycles. The number of rotatable bonds is 8. The van der Waals surface area contributed by atoms with Gasteiger partial charge in [0.05, 0.1) is 13.0 Å². The number of amides is 1. The highest BCUT2D eigenvalue weighted by Crippen LogP contribution is 2.32. The van der Waals surface area contributed by atoms with Crippen molar-refractivity contribution in [2.45, 2.75) is 52.0 Å². The SMILES string of the molecule is CCCCC(C)N(C(=O)C(C)c1ccc(OC)c(N=S(=O)=O)c1)C(=S)NC. The number of carbonyl (C=O) groups excluding carboxylic acids is 1. The fourth-order valence-corrected chi connectivity index (χ4v) is 3.32. The Bertz CT molecular complexity index is 801. The van der Waals surface area contributed by atoms with Crippen LogP contribution in [0, 0.1) is 0 Å². The van der Waals surface area contributed by atoms with E-state index in [0.717, 1.165) is 19.3 Å². The molecule has 0 bridgehead atoms. The molecular formula is C18H27N3O4S2. The average Bonchev–Trinajstić information content (AvgIpc) is 2.64. The Labute approximate surface area is 167 Å². The number of methoxy groups -OCH3 is 1. The molecule has 0 aliphatic heterocycles. The summed E-state index contributed by atoms with van der Waals surface area (Å²) in [5, 5.41) is 3.25. The first-order chi connectivity index (χ1) is 12.8. The first-order valence-corrected chi connectivity index (χ1v) is 10.2. The molecule has 0 aliphatic carbocycles. The van der Waals surface area contributed by atoms with E-state index in [2.05, 4.69) is 16.6 Å². The molecule has 7 nitrogen and oxygen atoms in total. The Morgan fingerprint density at radius 3 is 2.56 bits per heavy atom. The summed E-state index contributed by atoms with van der Waals surface area (Å²) in [6.07, 6.45) is 2.87. The van der Waals surface area contributed by atoms with Crippen molar-refractivity contribution in [2.24, 2.45) is 4.36 Å². The van der Waals surface area contributed by atoms with Crippen LogP contribution in [0.15, 0.2) is 22.6 Å². The maximum absolute atomic E-state index is 13.2. The van der Waals surface area contributed by atoms with Crippen molar-refractivity contribution < 1.29 is 17.9 Å². The molecule has 1 aromatic carbocycles. The summed E-state index contributed by atoms with van der Waals surface area (Å²) in [7, 11) is 0.497. The molecular weight excluding hydrogens is 386 g/mol. The Morgan fingerprint density at radius 2 is 2.04 bits per heavy atom. The van der Waals surface area contributed by atoms with Gasteiger partial charge in [-0.3, -0.25) is 9.69 Å². The van der Waals surface area contributed by atoms with Gasteiger partial charge in [-0.05, 0) is 50.2 Å². The molecule has 0 heterocycles. The first kappa shape index (κ1) is 23.0. The number of nitrogens with one attached hydrogen (secondary N) is 1. The Hall–Kier alpha value is -2.00. The third-order valence-electron chi connectivity index (χ3n) is 4.33. The number of ether oxygens (including phenoxy) is 1. The maximum atomic E-state index is 13.2. The largest absolute Gasteiger partial charge is 0.494 e. The van der Waals surface area contributed by atoms with Crippen LogP contribution in [0.4, 0.5) is 5.69 Å². The molecule has 0 spiro atoms. The van der Waals surface area contributed by atoms with Crippen LogP contribution in [0.25, 0.3) is 0 Å². The predicted molar refractivity (Wildman–Crippen MR) is 110 cm³/mol. The monoisotopic (exact) mass is 413 g/mol. The number of benzene rings is 1. The molecule has 0 radical (unpaired) electrons. The van der Waals surface area contributed by atoms with Crippen molar-refractivity contribution in [3.8, 4) is 5.75 Å². The molecule has 1 aromatic rings. The maximum Gasteiger partial charge on any atom is 0.316 e. The van der Waals surface area contributed by atoms with Crippen LogP contribution in [0.1, 0.15) is 51.5 Å². The second-order valence-corrected chi connectivity index (χ2v) is 7.22. The Balaban J connectivity index is 3.23. The summed E-state index contributed by atoms with van der Waals surface area (Å²) in [5.41, 5.74) is 0.793. The van der Waals surface area contributed by atoms with E-state index < -0.39 is 16.4 Å². The molecule has 2 atom stereocenters. The van der Waals surface area contributed by atoms with E-state index in [4.69, 9.17) is 17.0 Å². The van der Waals surface area contributed by atoms with Crippen molar-refractivity contribution in [3.63, 3.8) is 0 Å². The number of unbranched alkanes of at least 4 members (excludes halogenated alkanes) is 1. The number of carbonyl (C=O) groups is 1. The lowest BCUT2D eigenvalue weighted by atomic mass is 9.97. The van der Waals surface area contributed by atoms with Gasteiger partial charge < -0.3 is 10.1 Å². The quantitative estimate of drug-likeness (QED) is 0.657. The van der Waals surface area contributed by atoms with Crippen LogP contribution in [0.5, 0.6) is 5.75 Å². The zero-order chi connectivity index (χ0) is 20.6. The van der Waals surface area contributed by atoms with Gasteiger partial charge in [0.2, 0.25) is 5.91 Å². The van der Waals surface area contributed by atoms with Gasteiger partial charge in [-0.25, -0.2) is 0 Å². The average molecular weight is 414 g/mol. The second kappa shape index (κ2) is 11.0. The fraction of sp³-hybridized carbons (Fsp3) is 0.556. The molecule has 9 heteroatoms. The normalized spacial score (nSPS) is 12.6. The topological polar surface area (TPSA) is 88.1 Å². The second-order valence-electron chi connectivity index (χ2n) is 6.22. The summed E-state index contributed by atoms with van der Waals surface area (Å²) in [6.45, 7) is 5.83. The number of thiocarbonyl (C=S) groups is 1. The smallest absolute Gasteiger partial charge is 0.316 e. The van der Waals surface area contributed by atoms with Crippen LogP contribution in [0.3, 0.4) is 0 Å². The standard InChI is InChI=1S/C18H27N3O4S2/c1-6-7-8-12(2)21(18(26)19-4)17(22)13(3)14-9-10-16(25-5)15(11-14)20-27(23)24/h9-13H,6-8H2,1-5H3,(H,19,26). The Kier molecular flexibility index (Phi) is 9.37. The molecule has 0 aromatic heterocycles. The number of hydrogen-bond donors (Lipinski definition) is 1. The van der Waals surface area contributed by atoms with E-state index in [-0.39, 0.29) is 17.6 Å². The van der Waals surface area contributed by atoms with Gasteiger partial charge in [-0.15, -0.1) is 4.36 Å². The summed E-state index contributed by atoms with van der Waals surface area (Å²) in [4.78, 5) is 14.8. The summed E-state index contributed by atoms with van der Waals surface area (Å²) in [6, 6.07) is 4.84. The number of hydrogen-bond acceptors (Lipinski definition) is 6. The van der Waals surface area contributed by atoms with Gasteiger partial charge in [0, 0.05) is 13.1 Å². The van der Waals surface area contributed by atoms with Gasteiger partial charge in [-0.1, -0.05) is 25.8 Å². The van der Waals surface area contributed by atoms with E-state index in [1.165, 1.54) is 7.11 Å². The zero-order valence-electron chi connectivity index (χ0n) is 16.4. The fourth-order valence-electron chi connectivity index (χ4n) is 2.75. The summed E-state index contributed by atoms with van der Waals surface area (Å²) < 4.78 is 30.6. The van der Waals surface area contributed by atoms with Gasteiger partial charge in [0.25, 0.3) is 0 Å². The van der Waals surface area contributed by atoms with Gasteiger partial charge >= 0.3 is 10.5 Å². The molecule has 27 heavy (non-hydrogen) atoms. The van der Waals surface area contributed by atoms with Crippen LogP contribution in [0.2, 0.25) is 0 Å². The summed E-state index contributed by atoms with van der Waals surface area (Å²) in [5.74, 6) is -0.362. The van der Waals surface area contributed by atoms with Crippen molar-refractivity contribution in [1.82, 2.24) is 10.2 Å². The molecule has 0 aliphatic rings. The first-order valence-electron chi connectivity index (χ1n) is 8.80. The van der Waals surface area contributed by atoms with E-state index in [1.54, 1.807) is 37.1 Å². The van der Waals surface area contributed by atoms with Gasteiger partial charge in [0.15, 0.2) is 5.11 Å². The lowest BCUT2D eigenvalue weighted by Gasteiger charge is -2.31. The number of nitrogens with zero attached hydrogens (tertiary/aromatic N) is 2. The van der Waals surface area contributed by atoms with Crippen molar-refractivity contribution in [3.05, 3.63) is 23.8 Å². The van der Waals surface area contributed by atoms with E-state index in [0.29, 0.717) is 16.4 Å². The van der Waals surface area contributed by atoms with E-state index in [9.17, 15) is 13.2 Å². The van der Waals surface area contributed by atoms with E-state index in [1.807, 2.05) is 6.92 Å². The lowest BCUT2D eigenvalue weighted by Crippen LogP contribution is -2.49. The minimum absolute atomic E-state index is 0.0450. The highest BCUT2D eigenvalue weighted by Gasteiger charge is 2.28. The molecule has 1 rings (SSSR count). The summed E-state index contributed by atoms with van der Waals surface area (Å²) >= 11 is 5.35. The zero-order valence-corrected chi connectivity index (χ0v) is 18.0. The minimum atomic E-state index is -2.62. The molecule has 1 N–H and O–H groups in total. The van der Waals surface area contributed by atoms with Crippen LogP contribution >= 0.6 is 12.2 Å². The van der Waals surface area contributed by atoms with Crippen molar-refractivity contribution in [2.75, 3.05) is 14.2 Å². The molecule has 2 unspecified atom stereocenters. The third-order valence-corrected chi connectivity index (χ3v) is 5.08. The van der Waals surface area contributed by atoms with Gasteiger partial charge in [-0.2, -0.15) is 8.42 Å². The lowest BCUT2D eigenvalue weighted by molar-refractivity contribution is -0.130. The predicted octanol–water partition coefficient (Wildman–Crippen LogP) is 3.40. The molecule has 0 saturated heterocycles. The van der Waals surface area contributed by atoms with Crippen LogP contribution in [-0.2, 0) is 15.3 Å².